The van der Waals surface area contributed by atoms with Gasteiger partial charge >= 0.3 is 5.97 Å². The second-order valence-corrected chi connectivity index (χ2v) is 4.95. The summed E-state index contributed by atoms with van der Waals surface area (Å²) in [5.41, 5.74) is 1.79. The Balaban J connectivity index is 1.82. The monoisotopic (exact) mass is 262 g/mol. The summed E-state index contributed by atoms with van der Waals surface area (Å²) in [6.07, 6.45) is 1.84. The molecule has 1 fully saturated rings. The SMILES string of the molecule is Cc1cccc(NC(=O)CNC(C(=O)O)C2CC2)c1. The van der Waals surface area contributed by atoms with Crippen LogP contribution in [0.5, 0.6) is 0 Å². The third-order valence-electron chi connectivity index (χ3n) is 3.14. The molecule has 2 rings (SSSR count). The van der Waals surface area contributed by atoms with Gasteiger partial charge in [-0.15, -0.1) is 0 Å². The number of carbonyl (C=O) groups is 2. The van der Waals surface area contributed by atoms with E-state index in [2.05, 4.69) is 10.6 Å². The van der Waals surface area contributed by atoms with E-state index in [4.69, 9.17) is 5.11 Å². The Labute approximate surface area is 112 Å². The molecule has 0 aliphatic heterocycles. The molecule has 1 aromatic rings. The van der Waals surface area contributed by atoms with Gasteiger partial charge in [0.15, 0.2) is 0 Å². The van der Waals surface area contributed by atoms with Gasteiger partial charge in [-0.3, -0.25) is 14.9 Å². The van der Waals surface area contributed by atoms with E-state index in [1.165, 1.54) is 0 Å². The molecule has 5 nitrogen and oxygen atoms in total. The number of hydrogen-bond acceptors (Lipinski definition) is 3. The fourth-order valence-corrected chi connectivity index (χ4v) is 2.02. The molecule has 102 valence electrons. The Kier molecular flexibility index (Phi) is 4.16. The maximum Gasteiger partial charge on any atom is 0.320 e. The highest BCUT2D eigenvalue weighted by atomic mass is 16.4. The van der Waals surface area contributed by atoms with Crippen molar-refractivity contribution in [3.8, 4) is 0 Å². The summed E-state index contributed by atoms with van der Waals surface area (Å²) < 4.78 is 0. The second-order valence-electron chi connectivity index (χ2n) is 4.95. The first-order valence-electron chi connectivity index (χ1n) is 6.39. The van der Waals surface area contributed by atoms with Crippen LogP contribution < -0.4 is 10.6 Å². The van der Waals surface area contributed by atoms with E-state index in [0.29, 0.717) is 0 Å². The van der Waals surface area contributed by atoms with E-state index in [-0.39, 0.29) is 18.4 Å². The number of aryl methyl sites for hydroxylation is 1. The van der Waals surface area contributed by atoms with Crippen molar-refractivity contribution >= 4 is 17.6 Å². The number of carboxylic acids is 1. The number of carbonyl (C=O) groups excluding carboxylic acids is 1. The lowest BCUT2D eigenvalue weighted by molar-refractivity contribution is -0.140. The number of aliphatic carboxylic acids is 1. The van der Waals surface area contributed by atoms with Crippen LogP contribution in [0.2, 0.25) is 0 Å². The molecule has 0 heterocycles. The quantitative estimate of drug-likeness (QED) is 0.724. The van der Waals surface area contributed by atoms with E-state index in [9.17, 15) is 9.59 Å². The van der Waals surface area contributed by atoms with Crippen LogP contribution in [0.25, 0.3) is 0 Å². The van der Waals surface area contributed by atoms with E-state index in [1.807, 2.05) is 25.1 Å². The lowest BCUT2D eigenvalue weighted by Gasteiger charge is -2.13. The minimum absolute atomic E-state index is 0.0153. The zero-order valence-corrected chi connectivity index (χ0v) is 10.8. The molecule has 1 unspecified atom stereocenters. The Bertz CT molecular complexity index is 483. The largest absolute Gasteiger partial charge is 0.480 e. The predicted molar refractivity (Wildman–Crippen MR) is 72.0 cm³/mol. The first kappa shape index (κ1) is 13.5. The molecule has 1 aromatic carbocycles. The third-order valence-corrected chi connectivity index (χ3v) is 3.14. The summed E-state index contributed by atoms with van der Waals surface area (Å²) in [4.78, 5) is 22.7. The number of hydrogen-bond donors (Lipinski definition) is 3. The lowest BCUT2D eigenvalue weighted by Crippen LogP contribution is -2.42. The van der Waals surface area contributed by atoms with Crippen LogP contribution >= 0.6 is 0 Å². The molecule has 3 N–H and O–H groups in total. The van der Waals surface area contributed by atoms with Gasteiger partial charge in [-0.05, 0) is 43.4 Å². The van der Waals surface area contributed by atoms with E-state index in [0.717, 1.165) is 24.1 Å². The van der Waals surface area contributed by atoms with Gasteiger partial charge in [0.1, 0.15) is 6.04 Å². The van der Waals surface area contributed by atoms with Crippen molar-refractivity contribution in [2.45, 2.75) is 25.8 Å². The number of nitrogens with one attached hydrogen (secondary N) is 2. The molecule has 1 amide bonds. The van der Waals surface area contributed by atoms with Gasteiger partial charge in [-0.25, -0.2) is 0 Å². The Hall–Kier alpha value is -1.88. The van der Waals surface area contributed by atoms with Crippen molar-refractivity contribution in [2.24, 2.45) is 5.92 Å². The van der Waals surface area contributed by atoms with Crippen molar-refractivity contribution in [1.82, 2.24) is 5.32 Å². The molecule has 0 spiro atoms. The standard InChI is InChI=1S/C14H18N2O3/c1-9-3-2-4-11(7-9)16-12(17)8-15-13(14(18)19)10-5-6-10/h2-4,7,10,13,15H,5-6,8H2,1H3,(H,16,17)(H,18,19). The van der Waals surface area contributed by atoms with Crippen LogP contribution in [0.1, 0.15) is 18.4 Å². The molecule has 19 heavy (non-hydrogen) atoms. The minimum atomic E-state index is -0.883. The normalized spacial score (nSPS) is 15.8. The number of rotatable bonds is 6. The lowest BCUT2D eigenvalue weighted by atomic mass is 10.2. The van der Waals surface area contributed by atoms with E-state index < -0.39 is 12.0 Å². The minimum Gasteiger partial charge on any atom is -0.480 e. The second kappa shape index (κ2) is 5.84. The van der Waals surface area contributed by atoms with Crippen LogP contribution in [0, 0.1) is 12.8 Å². The van der Waals surface area contributed by atoms with Gasteiger partial charge < -0.3 is 10.4 Å². The highest BCUT2D eigenvalue weighted by molar-refractivity contribution is 5.92. The fraction of sp³-hybridized carbons (Fsp3) is 0.429. The number of anilines is 1. The Morgan fingerprint density at radius 3 is 2.74 bits per heavy atom. The van der Waals surface area contributed by atoms with Crippen molar-refractivity contribution in [3.63, 3.8) is 0 Å². The molecule has 0 aromatic heterocycles. The molecule has 1 aliphatic rings. The summed E-state index contributed by atoms with van der Waals surface area (Å²) in [6, 6.07) is 6.88. The molecule has 0 saturated heterocycles. The van der Waals surface area contributed by atoms with Crippen LogP contribution in [0.15, 0.2) is 24.3 Å². The highest BCUT2D eigenvalue weighted by Gasteiger charge is 2.36. The average molecular weight is 262 g/mol. The van der Waals surface area contributed by atoms with E-state index in [1.54, 1.807) is 6.07 Å². The number of carboxylic acid groups (broad SMARTS) is 1. The van der Waals surface area contributed by atoms with Gasteiger partial charge in [-0.1, -0.05) is 12.1 Å². The van der Waals surface area contributed by atoms with E-state index >= 15 is 0 Å². The van der Waals surface area contributed by atoms with Crippen molar-refractivity contribution in [1.29, 1.82) is 0 Å². The molecule has 1 saturated carbocycles. The zero-order chi connectivity index (χ0) is 13.8. The van der Waals surface area contributed by atoms with Crippen LogP contribution in [-0.4, -0.2) is 29.6 Å². The first-order valence-corrected chi connectivity index (χ1v) is 6.39. The summed E-state index contributed by atoms with van der Waals surface area (Å²) >= 11 is 0. The molecule has 0 radical (unpaired) electrons. The smallest absolute Gasteiger partial charge is 0.320 e. The summed E-state index contributed by atoms with van der Waals surface area (Å²) in [7, 11) is 0. The third kappa shape index (κ3) is 4.06. The maximum absolute atomic E-state index is 11.7. The topological polar surface area (TPSA) is 78.4 Å². The van der Waals surface area contributed by atoms with Crippen LogP contribution in [-0.2, 0) is 9.59 Å². The molecule has 0 bridgehead atoms. The first-order chi connectivity index (χ1) is 9.06. The van der Waals surface area contributed by atoms with Gasteiger partial charge in [0.25, 0.3) is 0 Å². The molecular formula is C14H18N2O3. The zero-order valence-electron chi connectivity index (χ0n) is 10.8. The Morgan fingerprint density at radius 2 is 2.16 bits per heavy atom. The predicted octanol–water partition coefficient (Wildman–Crippen LogP) is 1.39. The number of benzene rings is 1. The van der Waals surface area contributed by atoms with Crippen molar-refractivity contribution in [3.05, 3.63) is 29.8 Å². The van der Waals surface area contributed by atoms with Crippen LogP contribution in [0.4, 0.5) is 5.69 Å². The van der Waals surface area contributed by atoms with Gasteiger partial charge in [0, 0.05) is 5.69 Å². The average Bonchev–Trinajstić information content (AvgIpc) is 3.13. The van der Waals surface area contributed by atoms with Gasteiger partial charge in [-0.2, -0.15) is 0 Å². The van der Waals surface area contributed by atoms with Gasteiger partial charge in [0.2, 0.25) is 5.91 Å². The van der Waals surface area contributed by atoms with Crippen molar-refractivity contribution in [2.75, 3.05) is 11.9 Å². The van der Waals surface area contributed by atoms with Crippen LogP contribution in [0.3, 0.4) is 0 Å². The van der Waals surface area contributed by atoms with Crippen molar-refractivity contribution < 1.29 is 14.7 Å². The number of amides is 1. The molecule has 1 aliphatic carbocycles. The molecule has 1 atom stereocenters. The molecule has 5 heteroatoms. The molecular weight excluding hydrogens is 244 g/mol. The Morgan fingerprint density at radius 1 is 1.42 bits per heavy atom. The maximum atomic E-state index is 11.7. The highest BCUT2D eigenvalue weighted by Crippen LogP contribution is 2.32. The summed E-state index contributed by atoms with van der Waals surface area (Å²) in [5.74, 6) is -0.937. The fourth-order valence-electron chi connectivity index (χ4n) is 2.02. The summed E-state index contributed by atoms with van der Waals surface area (Å²) in [5, 5.41) is 14.6. The summed E-state index contributed by atoms with van der Waals surface area (Å²) in [6.45, 7) is 1.96. The van der Waals surface area contributed by atoms with Gasteiger partial charge in [0.05, 0.1) is 6.54 Å².